The number of nitrogens with zero attached hydrogens (tertiary/aromatic N) is 2. The Bertz CT molecular complexity index is 734. The highest BCUT2D eigenvalue weighted by molar-refractivity contribution is 6.03. The Morgan fingerprint density at radius 3 is 2.68 bits per heavy atom. The highest BCUT2D eigenvalue weighted by Gasteiger charge is 2.27. The van der Waals surface area contributed by atoms with Crippen molar-refractivity contribution < 1.29 is 14.3 Å². The van der Waals surface area contributed by atoms with E-state index >= 15 is 0 Å². The first-order valence-corrected chi connectivity index (χ1v) is 8.56. The molecule has 0 atom stereocenters. The first-order chi connectivity index (χ1) is 11.7. The SMILES string of the molecule is CN1CC(=O)Nc2cccc(C3=CCN(C(=O)OC(C)(C)C)CC3)c21. The minimum Gasteiger partial charge on any atom is -0.444 e. The number of carbonyl (C=O) groups excluding carboxylic acids is 2. The normalized spacial score (nSPS) is 17.6. The molecule has 1 aromatic carbocycles. The maximum Gasteiger partial charge on any atom is 0.410 e. The number of carbonyl (C=O) groups is 2. The van der Waals surface area contributed by atoms with E-state index in [4.69, 9.17) is 4.74 Å². The Morgan fingerprint density at radius 2 is 2.04 bits per heavy atom. The van der Waals surface area contributed by atoms with E-state index in [1.54, 1.807) is 4.90 Å². The number of hydrogen-bond donors (Lipinski definition) is 1. The summed E-state index contributed by atoms with van der Waals surface area (Å²) in [7, 11) is 1.93. The highest BCUT2D eigenvalue weighted by Crippen LogP contribution is 2.38. The molecule has 0 bridgehead atoms. The van der Waals surface area contributed by atoms with Crippen molar-refractivity contribution in [3.8, 4) is 0 Å². The number of hydrogen-bond acceptors (Lipinski definition) is 4. The second-order valence-electron chi connectivity index (χ2n) is 7.51. The Kier molecular flexibility index (Phi) is 4.45. The maximum absolute atomic E-state index is 12.2. The summed E-state index contributed by atoms with van der Waals surface area (Å²) in [5.41, 5.74) is 3.70. The van der Waals surface area contributed by atoms with Gasteiger partial charge in [-0.15, -0.1) is 0 Å². The van der Waals surface area contributed by atoms with Crippen LogP contribution in [0.25, 0.3) is 5.57 Å². The first kappa shape index (κ1) is 17.3. The van der Waals surface area contributed by atoms with E-state index in [1.165, 1.54) is 5.57 Å². The summed E-state index contributed by atoms with van der Waals surface area (Å²) in [5, 5.41) is 2.93. The number of fused-ring (bicyclic) bond motifs is 1. The summed E-state index contributed by atoms with van der Waals surface area (Å²) in [5.74, 6) is 0.000810. The van der Waals surface area contributed by atoms with Crippen LogP contribution in [0.15, 0.2) is 24.3 Å². The van der Waals surface area contributed by atoms with Crippen LogP contribution in [-0.2, 0) is 9.53 Å². The van der Waals surface area contributed by atoms with Gasteiger partial charge in [0.2, 0.25) is 5.91 Å². The number of para-hydroxylation sites is 1. The van der Waals surface area contributed by atoms with Gasteiger partial charge < -0.3 is 19.9 Å². The molecule has 0 unspecified atom stereocenters. The number of ether oxygens (including phenoxy) is 1. The largest absolute Gasteiger partial charge is 0.444 e. The molecule has 1 N–H and O–H groups in total. The molecule has 2 aliphatic rings. The molecule has 2 amide bonds. The number of amides is 2. The third-order valence-corrected chi connectivity index (χ3v) is 4.28. The average molecular weight is 343 g/mol. The van der Waals surface area contributed by atoms with Crippen molar-refractivity contribution in [1.29, 1.82) is 0 Å². The molecule has 0 fully saturated rings. The van der Waals surface area contributed by atoms with E-state index in [0.29, 0.717) is 19.6 Å². The van der Waals surface area contributed by atoms with Crippen molar-refractivity contribution in [3.05, 3.63) is 29.8 Å². The van der Waals surface area contributed by atoms with Gasteiger partial charge in [-0.25, -0.2) is 4.79 Å². The maximum atomic E-state index is 12.2. The zero-order valence-corrected chi connectivity index (χ0v) is 15.3. The fraction of sp³-hybridized carbons (Fsp3) is 0.474. The van der Waals surface area contributed by atoms with Crippen molar-refractivity contribution in [2.75, 3.05) is 36.9 Å². The molecular weight excluding hydrogens is 318 g/mol. The van der Waals surface area contributed by atoms with Gasteiger partial charge >= 0.3 is 6.09 Å². The molecular formula is C19H25N3O3. The van der Waals surface area contributed by atoms with Gasteiger partial charge in [-0.1, -0.05) is 18.2 Å². The summed E-state index contributed by atoms with van der Waals surface area (Å²) >= 11 is 0. The average Bonchev–Trinajstić information content (AvgIpc) is 2.52. The van der Waals surface area contributed by atoms with E-state index in [-0.39, 0.29) is 12.0 Å². The van der Waals surface area contributed by atoms with Gasteiger partial charge in [0.1, 0.15) is 5.60 Å². The molecule has 0 aromatic heterocycles. The number of anilines is 2. The fourth-order valence-electron chi connectivity index (χ4n) is 3.21. The van der Waals surface area contributed by atoms with Crippen molar-refractivity contribution >= 4 is 28.9 Å². The third kappa shape index (κ3) is 3.78. The molecule has 2 heterocycles. The Balaban J connectivity index is 1.80. The van der Waals surface area contributed by atoms with Gasteiger partial charge in [0, 0.05) is 25.7 Å². The molecule has 2 aliphatic heterocycles. The summed E-state index contributed by atoms with van der Waals surface area (Å²) < 4.78 is 5.44. The molecule has 25 heavy (non-hydrogen) atoms. The Hall–Kier alpha value is -2.50. The predicted molar refractivity (Wildman–Crippen MR) is 98.7 cm³/mol. The second kappa shape index (κ2) is 6.43. The van der Waals surface area contributed by atoms with Crippen LogP contribution in [-0.4, -0.2) is 49.2 Å². The molecule has 0 aliphatic carbocycles. The molecule has 0 saturated heterocycles. The van der Waals surface area contributed by atoms with Crippen molar-refractivity contribution in [2.45, 2.75) is 32.8 Å². The van der Waals surface area contributed by atoms with E-state index in [1.807, 2.05) is 44.9 Å². The summed E-state index contributed by atoms with van der Waals surface area (Å²) in [4.78, 5) is 27.6. The number of rotatable bonds is 1. The summed E-state index contributed by atoms with van der Waals surface area (Å²) in [6.07, 6.45) is 2.56. The van der Waals surface area contributed by atoms with E-state index in [2.05, 4.69) is 17.5 Å². The van der Waals surface area contributed by atoms with Crippen molar-refractivity contribution in [3.63, 3.8) is 0 Å². The lowest BCUT2D eigenvalue weighted by atomic mass is 9.95. The third-order valence-electron chi connectivity index (χ3n) is 4.28. The fourth-order valence-corrected chi connectivity index (χ4v) is 3.21. The minimum absolute atomic E-state index is 0.000810. The molecule has 6 heteroatoms. The molecule has 1 aromatic rings. The summed E-state index contributed by atoms with van der Waals surface area (Å²) in [6.45, 7) is 7.12. The predicted octanol–water partition coefficient (Wildman–Crippen LogP) is 3.10. The van der Waals surface area contributed by atoms with Gasteiger partial charge in [-0.3, -0.25) is 4.79 Å². The molecule has 0 saturated carbocycles. The number of nitrogens with one attached hydrogen (secondary N) is 1. The van der Waals surface area contributed by atoms with Gasteiger partial charge in [-0.2, -0.15) is 0 Å². The Labute approximate surface area is 148 Å². The molecule has 3 rings (SSSR count). The van der Waals surface area contributed by atoms with E-state index < -0.39 is 5.60 Å². The number of likely N-dealkylation sites (N-methyl/N-ethyl adjacent to an activating group) is 1. The molecule has 6 nitrogen and oxygen atoms in total. The summed E-state index contributed by atoms with van der Waals surface area (Å²) in [6, 6.07) is 5.94. The standard InChI is InChI=1S/C19H25N3O3/c1-19(2,3)25-18(24)22-10-8-13(9-11-22)14-6-5-7-15-17(14)21(4)12-16(23)20-15/h5-8H,9-12H2,1-4H3,(H,20,23). The van der Waals surface area contributed by atoms with E-state index in [9.17, 15) is 9.59 Å². The lowest BCUT2D eigenvalue weighted by Crippen LogP contribution is -2.39. The molecule has 0 radical (unpaired) electrons. The van der Waals surface area contributed by atoms with Gasteiger partial charge in [-0.05, 0) is 38.8 Å². The Morgan fingerprint density at radius 1 is 1.28 bits per heavy atom. The highest BCUT2D eigenvalue weighted by atomic mass is 16.6. The van der Waals surface area contributed by atoms with Crippen LogP contribution in [0.5, 0.6) is 0 Å². The zero-order chi connectivity index (χ0) is 18.2. The van der Waals surface area contributed by atoms with Crippen LogP contribution in [0.2, 0.25) is 0 Å². The lowest BCUT2D eigenvalue weighted by Gasteiger charge is -2.33. The van der Waals surface area contributed by atoms with E-state index in [0.717, 1.165) is 23.4 Å². The second-order valence-corrected chi connectivity index (χ2v) is 7.51. The lowest BCUT2D eigenvalue weighted by molar-refractivity contribution is -0.115. The van der Waals surface area contributed by atoms with Crippen LogP contribution in [0, 0.1) is 0 Å². The zero-order valence-electron chi connectivity index (χ0n) is 15.3. The van der Waals surface area contributed by atoms with Gasteiger partial charge in [0.05, 0.1) is 17.9 Å². The van der Waals surface area contributed by atoms with Crippen LogP contribution >= 0.6 is 0 Å². The topological polar surface area (TPSA) is 61.9 Å². The first-order valence-electron chi connectivity index (χ1n) is 8.56. The smallest absolute Gasteiger partial charge is 0.410 e. The minimum atomic E-state index is -0.486. The quantitative estimate of drug-likeness (QED) is 0.851. The van der Waals surface area contributed by atoms with Crippen LogP contribution in [0.4, 0.5) is 16.2 Å². The van der Waals surface area contributed by atoms with Crippen molar-refractivity contribution in [2.24, 2.45) is 0 Å². The van der Waals surface area contributed by atoms with Gasteiger partial charge in [0.15, 0.2) is 0 Å². The van der Waals surface area contributed by atoms with Crippen LogP contribution < -0.4 is 10.2 Å². The molecule has 0 spiro atoms. The molecule has 134 valence electrons. The van der Waals surface area contributed by atoms with Crippen molar-refractivity contribution in [1.82, 2.24) is 4.90 Å². The number of benzene rings is 1. The van der Waals surface area contributed by atoms with Crippen LogP contribution in [0.1, 0.15) is 32.8 Å². The van der Waals surface area contributed by atoms with Crippen LogP contribution in [0.3, 0.4) is 0 Å². The monoisotopic (exact) mass is 343 g/mol. The van der Waals surface area contributed by atoms with Gasteiger partial charge in [0.25, 0.3) is 0 Å².